The lowest BCUT2D eigenvalue weighted by molar-refractivity contribution is -0.672. The van der Waals surface area contributed by atoms with Crippen LogP contribution in [0.1, 0.15) is 0 Å². The molecule has 0 N–H and O–H groups in total. The second-order valence-corrected chi connectivity index (χ2v) is 3.19. The lowest BCUT2D eigenvalue weighted by atomic mass is 10.8. The SMILES string of the molecule is C[n+]1ccn(Cn2c[n+](C)cn2)c1. The van der Waals surface area contributed by atoms with Gasteiger partial charge in [-0.15, -0.1) is 0 Å². The third-order valence-corrected chi connectivity index (χ3v) is 1.83. The van der Waals surface area contributed by atoms with E-state index in [9.17, 15) is 0 Å². The van der Waals surface area contributed by atoms with E-state index < -0.39 is 0 Å². The molecule has 0 aromatic carbocycles. The summed E-state index contributed by atoms with van der Waals surface area (Å²) in [5.74, 6) is 0. The van der Waals surface area contributed by atoms with E-state index in [0.717, 1.165) is 6.67 Å². The molecule has 13 heavy (non-hydrogen) atoms. The third kappa shape index (κ3) is 1.74. The second-order valence-electron chi connectivity index (χ2n) is 3.19. The standard InChI is InChI=1S/C8H13N5/c1-10-3-4-12(6-10)8-13-7-11(2)5-9-13/h3-7H,8H2,1-2H3/q+2. The van der Waals surface area contributed by atoms with E-state index in [4.69, 9.17) is 0 Å². The lowest BCUT2D eigenvalue weighted by Gasteiger charge is -1.87. The van der Waals surface area contributed by atoms with Gasteiger partial charge in [0, 0.05) is 5.10 Å². The Kier molecular flexibility index (Phi) is 1.84. The van der Waals surface area contributed by atoms with Crippen molar-refractivity contribution >= 4 is 0 Å². The molecule has 0 aliphatic rings. The minimum Gasteiger partial charge on any atom is -0.240 e. The van der Waals surface area contributed by atoms with Crippen molar-refractivity contribution in [1.82, 2.24) is 14.3 Å². The molecule has 5 nitrogen and oxygen atoms in total. The highest BCUT2D eigenvalue weighted by atomic mass is 15.4. The van der Waals surface area contributed by atoms with E-state index in [1.165, 1.54) is 0 Å². The van der Waals surface area contributed by atoms with Crippen LogP contribution < -0.4 is 9.13 Å². The van der Waals surface area contributed by atoms with Crippen LogP contribution in [0.3, 0.4) is 0 Å². The predicted octanol–water partition coefficient (Wildman–Crippen LogP) is -1.16. The summed E-state index contributed by atoms with van der Waals surface area (Å²) in [5, 5.41) is 4.17. The van der Waals surface area contributed by atoms with Crippen molar-refractivity contribution in [3.05, 3.63) is 31.4 Å². The van der Waals surface area contributed by atoms with E-state index in [-0.39, 0.29) is 0 Å². The van der Waals surface area contributed by atoms with E-state index in [1.807, 2.05) is 53.0 Å². The van der Waals surface area contributed by atoms with Crippen LogP contribution in [0, 0.1) is 0 Å². The number of nitrogens with zero attached hydrogens (tertiary/aromatic N) is 5. The van der Waals surface area contributed by atoms with Gasteiger partial charge in [0.1, 0.15) is 12.4 Å². The van der Waals surface area contributed by atoms with Crippen molar-refractivity contribution in [1.29, 1.82) is 0 Å². The molecule has 68 valence electrons. The van der Waals surface area contributed by atoms with Crippen molar-refractivity contribution in [2.45, 2.75) is 6.67 Å². The monoisotopic (exact) mass is 179 g/mol. The first-order valence-electron chi connectivity index (χ1n) is 4.13. The van der Waals surface area contributed by atoms with Gasteiger partial charge in [0.15, 0.2) is 0 Å². The van der Waals surface area contributed by atoms with E-state index in [2.05, 4.69) is 9.67 Å². The van der Waals surface area contributed by atoms with Gasteiger partial charge in [-0.05, 0) is 0 Å². The Bertz CT molecular complexity index is 362. The maximum atomic E-state index is 4.17. The van der Waals surface area contributed by atoms with E-state index in [0.29, 0.717) is 0 Å². The van der Waals surface area contributed by atoms with Crippen LogP contribution in [0.4, 0.5) is 0 Å². The molecule has 2 rings (SSSR count). The number of hydrogen-bond donors (Lipinski definition) is 0. The molecule has 2 aromatic rings. The van der Waals surface area contributed by atoms with Crippen LogP contribution in [-0.4, -0.2) is 14.3 Å². The number of hydrogen-bond acceptors (Lipinski definition) is 1. The van der Waals surface area contributed by atoms with Gasteiger partial charge in [-0.1, -0.05) is 4.68 Å². The fourth-order valence-corrected chi connectivity index (χ4v) is 1.24. The summed E-state index contributed by atoms with van der Waals surface area (Å²) in [6, 6.07) is 0. The molecule has 0 aliphatic carbocycles. The summed E-state index contributed by atoms with van der Waals surface area (Å²) in [7, 11) is 3.96. The zero-order chi connectivity index (χ0) is 9.26. The minimum absolute atomic E-state index is 0.752. The van der Waals surface area contributed by atoms with Crippen LogP contribution in [-0.2, 0) is 20.8 Å². The Morgan fingerprint density at radius 2 is 2.08 bits per heavy atom. The molecule has 0 saturated heterocycles. The van der Waals surface area contributed by atoms with Crippen LogP contribution in [0.25, 0.3) is 0 Å². The molecule has 0 amide bonds. The van der Waals surface area contributed by atoms with Gasteiger partial charge in [-0.3, -0.25) is 0 Å². The maximum absolute atomic E-state index is 4.17. The van der Waals surface area contributed by atoms with Crippen LogP contribution in [0.2, 0.25) is 0 Å². The molecule has 0 aliphatic heterocycles. The molecule has 5 heteroatoms. The summed E-state index contributed by atoms with van der Waals surface area (Å²) < 4.78 is 7.86. The van der Waals surface area contributed by atoms with Gasteiger partial charge in [0.25, 0.3) is 6.33 Å². The highest BCUT2D eigenvalue weighted by Crippen LogP contribution is 1.84. The van der Waals surface area contributed by atoms with Crippen molar-refractivity contribution in [3.8, 4) is 0 Å². The van der Waals surface area contributed by atoms with Crippen molar-refractivity contribution in [3.63, 3.8) is 0 Å². The number of imidazole rings is 1. The average molecular weight is 179 g/mol. The quantitative estimate of drug-likeness (QED) is 0.535. The average Bonchev–Trinajstić information content (AvgIpc) is 2.62. The molecule has 0 bridgehead atoms. The largest absolute Gasteiger partial charge is 0.265 e. The number of aromatic nitrogens is 5. The van der Waals surface area contributed by atoms with Gasteiger partial charge in [0.05, 0.1) is 14.1 Å². The molecule has 2 heterocycles. The topological polar surface area (TPSA) is 30.5 Å². The summed E-state index contributed by atoms with van der Waals surface area (Å²) in [6.45, 7) is 0.752. The summed E-state index contributed by atoms with van der Waals surface area (Å²) in [6.07, 6.45) is 9.76. The van der Waals surface area contributed by atoms with E-state index in [1.54, 1.807) is 6.33 Å². The molecule has 0 saturated carbocycles. The van der Waals surface area contributed by atoms with Crippen LogP contribution in [0.15, 0.2) is 31.4 Å². The highest BCUT2D eigenvalue weighted by Gasteiger charge is 2.06. The normalized spacial score (nSPS) is 10.6. The maximum Gasteiger partial charge on any atom is 0.265 e. The fourth-order valence-electron chi connectivity index (χ4n) is 1.24. The first-order valence-corrected chi connectivity index (χ1v) is 4.13. The molecule has 0 unspecified atom stereocenters. The smallest absolute Gasteiger partial charge is 0.240 e. The van der Waals surface area contributed by atoms with Gasteiger partial charge in [0.2, 0.25) is 19.3 Å². The molecule has 0 fully saturated rings. The number of rotatable bonds is 2. The predicted molar refractivity (Wildman–Crippen MR) is 44.4 cm³/mol. The number of aryl methyl sites for hydroxylation is 2. The Labute approximate surface area is 76.5 Å². The molecule has 0 radical (unpaired) electrons. The second kappa shape index (κ2) is 3.01. The van der Waals surface area contributed by atoms with Crippen molar-refractivity contribution < 1.29 is 9.13 Å². The van der Waals surface area contributed by atoms with Crippen LogP contribution in [0.5, 0.6) is 0 Å². The fraction of sp³-hybridized carbons (Fsp3) is 0.375. The van der Waals surface area contributed by atoms with Gasteiger partial charge >= 0.3 is 0 Å². The first kappa shape index (κ1) is 7.97. The molecule has 0 atom stereocenters. The zero-order valence-electron chi connectivity index (χ0n) is 7.83. The minimum atomic E-state index is 0.752. The Morgan fingerprint density at radius 1 is 1.23 bits per heavy atom. The lowest BCUT2D eigenvalue weighted by Crippen LogP contribution is -2.25. The Morgan fingerprint density at radius 3 is 2.62 bits per heavy atom. The van der Waals surface area contributed by atoms with Gasteiger partial charge in [-0.2, -0.15) is 0 Å². The molecule has 2 aromatic heterocycles. The Hall–Kier alpha value is -1.65. The summed E-state index contributed by atoms with van der Waals surface area (Å²) in [5.41, 5.74) is 0. The molecular weight excluding hydrogens is 166 g/mol. The van der Waals surface area contributed by atoms with E-state index >= 15 is 0 Å². The Balaban J connectivity index is 2.14. The third-order valence-electron chi connectivity index (χ3n) is 1.83. The summed E-state index contributed by atoms with van der Waals surface area (Å²) in [4.78, 5) is 0. The van der Waals surface area contributed by atoms with Gasteiger partial charge < -0.3 is 0 Å². The van der Waals surface area contributed by atoms with Crippen LogP contribution >= 0.6 is 0 Å². The highest BCUT2D eigenvalue weighted by molar-refractivity contribution is 4.65. The van der Waals surface area contributed by atoms with Crippen molar-refractivity contribution in [2.75, 3.05) is 0 Å². The van der Waals surface area contributed by atoms with Crippen molar-refractivity contribution in [2.24, 2.45) is 14.1 Å². The zero-order valence-corrected chi connectivity index (χ0v) is 7.83. The summed E-state index contributed by atoms with van der Waals surface area (Å²) >= 11 is 0. The molecular formula is C8H13N5+2. The molecule has 0 spiro atoms. The van der Waals surface area contributed by atoms with Gasteiger partial charge in [-0.25, -0.2) is 13.7 Å². The first-order chi connectivity index (χ1) is 6.24.